The normalized spacial score (nSPS) is 17.3. The minimum absolute atomic E-state index is 0.0301. The number of aromatic nitrogens is 1. The van der Waals surface area contributed by atoms with Crippen molar-refractivity contribution in [2.24, 2.45) is 0 Å². The molecule has 1 atom stereocenters. The summed E-state index contributed by atoms with van der Waals surface area (Å²) >= 11 is 1.45. The monoisotopic (exact) mass is 338 g/mol. The van der Waals surface area contributed by atoms with Crippen LogP contribution in [0.5, 0.6) is 0 Å². The molecule has 24 heavy (non-hydrogen) atoms. The van der Waals surface area contributed by atoms with E-state index in [4.69, 9.17) is 4.42 Å². The Morgan fingerprint density at radius 1 is 1.25 bits per heavy atom. The van der Waals surface area contributed by atoms with Gasteiger partial charge in [-0.2, -0.15) is 0 Å². The zero-order valence-electron chi connectivity index (χ0n) is 13.2. The van der Waals surface area contributed by atoms with Crippen molar-refractivity contribution in [2.45, 2.75) is 25.3 Å². The van der Waals surface area contributed by atoms with Gasteiger partial charge >= 0.3 is 0 Å². The van der Waals surface area contributed by atoms with Crippen LogP contribution in [0.25, 0.3) is 10.8 Å². The van der Waals surface area contributed by atoms with Gasteiger partial charge in [0.2, 0.25) is 0 Å². The van der Waals surface area contributed by atoms with Gasteiger partial charge in [-0.25, -0.2) is 4.98 Å². The van der Waals surface area contributed by atoms with E-state index in [0.717, 1.165) is 30.8 Å². The Morgan fingerprint density at radius 2 is 2.12 bits per heavy atom. The van der Waals surface area contributed by atoms with Gasteiger partial charge in [0.1, 0.15) is 5.69 Å². The van der Waals surface area contributed by atoms with Crippen molar-refractivity contribution in [3.05, 3.63) is 65.4 Å². The second kappa shape index (κ2) is 6.61. The minimum Gasteiger partial charge on any atom is -0.462 e. The van der Waals surface area contributed by atoms with Gasteiger partial charge < -0.3 is 9.32 Å². The van der Waals surface area contributed by atoms with Crippen LogP contribution in [0.15, 0.2) is 58.5 Å². The van der Waals surface area contributed by atoms with Crippen molar-refractivity contribution in [2.75, 3.05) is 6.54 Å². The highest BCUT2D eigenvalue weighted by Gasteiger charge is 2.30. The van der Waals surface area contributed by atoms with E-state index in [2.05, 4.69) is 17.1 Å². The van der Waals surface area contributed by atoms with Crippen LogP contribution in [-0.4, -0.2) is 28.4 Å². The molecule has 1 amide bonds. The molecule has 4 rings (SSSR count). The fourth-order valence-electron chi connectivity index (χ4n) is 3.23. The van der Waals surface area contributed by atoms with E-state index in [1.807, 2.05) is 40.6 Å². The van der Waals surface area contributed by atoms with E-state index in [-0.39, 0.29) is 11.9 Å². The van der Waals surface area contributed by atoms with E-state index < -0.39 is 0 Å². The summed E-state index contributed by atoms with van der Waals surface area (Å²) in [6.07, 6.45) is 4.63. The Balaban J connectivity index is 1.51. The molecular formula is C19H18N2O2S. The third-order valence-electron chi connectivity index (χ3n) is 4.41. The first-order chi connectivity index (χ1) is 11.8. The number of carbonyl (C=O) groups is 1. The molecule has 0 bridgehead atoms. The zero-order valence-corrected chi connectivity index (χ0v) is 14.0. The summed E-state index contributed by atoms with van der Waals surface area (Å²) in [4.78, 5) is 19.3. The van der Waals surface area contributed by atoms with Gasteiger partial charge in [0.05, 0.1) is 6.26 Å². The third-order valence-corrected chi connectivity index (χ3v) is 5.26. The van der Waals surface area contributed by atoms with Crippen LogP contribution in [0.2, 0.25) is 0 Å². The molecule has 1 aliphatic rings. The van der Waals surface area contributed by atoms with E-state index in [1.54, 1.807) is 6.26 Å². The number of thiazole rings is 1. The van der Waals surface area contributed by atoms with Crippen molar-refractivity contribution in [3.8, 4) is 10.8 Å². The van der Waals surface area contributed by atoms with Crippen LogP contribution in [0.1, 0.15) is 28.9 Å². The largest absolute Gasteiger partial charge is 0.462 e. The molecule has 2 aromatic heterocycles. The number of amides is 1. The maximum absolute atomic E-state index is 12.9. The second-order valence-corrected chi connectivity index (χ2v) is 6.86. The van der Waals surface area contributed by atoms with E-state index in [0.29, 0.717) is 11.5 Å². The van der Waals surface area contributed by atoms with Crippen LogP contribution >= 0.6 is 11.3 Å². The van der Waals surface area contributed by atoms with Crippen molar-refractivity contribution in [1.82, 2.24) is 9.88 Å². The summed E-state index contributed by atoms with van der Waals surface area (Å²) in [5.41, 5.74) is 1.79. The highest BCUT2D eigenvalue weighted by molar-refractivity contribution is 7.13. The fourth-order valence-corrected chi connectivity index (χ4v) is 3.99. The number of benzene rings is 1. The van der Waals surface area contributed by atoms with Gasteiger partial charge in [0.15, 0.2) is 10.8 Å². The molecule has 0 radical (unpaired) electrons. The van der Waals surface area contributed by atoms with Gasteiger partial charge in [0.25, 0.3) is 5.91 Å². The Morgan fingerprint density at radius 3 is 2.92 bits per heavy atom. The van der Waals surface area contributed by atoms with E-state index in [9.17, 15) is 4.79 Å². The fraction of sp³-hybridized carbons (Fsp3) is 0.263. The summed E-state index contributed by atoms with van der Waals surface area (Å²) in [5, 5.41) is 2.58. The lowest BCUT2D eigenvalue weighted by Crippen LogP contribution is -2.37. The van der Waals surface area contributed by atoms with Gasteiger partial charge in [-0.15, -0.1) is 11.3 Å². The van der Waals surface area contributed by atoms with Crippen LogP contribution in [-0.2, 0) is 6.42 Å². The molecule has 0 aliphatic carbocycles. The molecule has 1 aromatic carbocycles. The topological polar surface area (TPSA) is 46.3 Å². The standard InChI is InChI=1S/C19H18N2O2S/c22-19(16-13-24-18(20-16)17-9-5-11-23-17)21-10-4-8-15(21)12-14-6-2-1-3-7-14/h1-3,5-7,9,11,13,15H,4,8,10,12H2. The molecule has 3 heterocycles. The minimum atomic E-state index is 0.0301. The quantitative estimate of drug-likeness (QED) is 0.714. The molecule has 1 saturated heterocycles. The Hall–Kier alpha value is -2.40. The van der Waals surface area contributed by atoms with Gasteiger partial charge in [-0.3, -0.25) is 4.79 Å². The Kier molecular flexibility index (Phi) is 4.17. The molecule has 0 spiro atoms. The van der Waals surface area contributed by atoms with Gasteiger partial charge in [-0.1, -0.05) is 30.3 Å². The van der Waals surface area contributed by atoms with Crippen LogP contribution in [0, 0.1) is 0 Å². The van der Waals surface area contributed by atoms with Gasteiger partial charge in [-0.05, 0) is 37.0 Å². The molecule has 3 aromatic rings. The predicted molar refractivity (Wildman–Crippen MR) is 94.0 cm³/mol. The molecule has 0 N–H and O–H groups in total. The number of carbonyl (C=O) groups excluding carboxylic acids is 1. The third kappa shape index (κ3) is 2.99. The average molecular weight is 338 g/mol. The van der Waals surface area contributed by atoms with E-state index in [1.165, 1.54) is 16.9 Å². The second-order valence-electron chi connectivity index (χ2n) is 6.00. The smallest absolute Gasteiger partial charge is 0.273 e. The summed E-state index contributed by atoms with van der Waals surface area (Å²) in [6.45, 7) is 0.809. The molecule has 1 unspecified atom stereocenters. The first-order valence-electron chi connectivity index (χ1n) is 8.15. The summed E-state index contributed by atoms with van der Waals surface area (Å²) in [7, 11) is 0. The number of rotatable bonds is 4. The number of furan rings is 1. The maximum atomic E-state index is 12.9. The molecule has 4 nitrogen and oxygen atoms in total. The summed E-state index contributed by atoms with van der Waals surface area (Å²) in [6, 6.07) is 14.3. The Labute approximate surface area is 144 Å². The highest BCUT2D eigenvalue weighted by atomic mass is 32.1. The number of hydrogen-bond donors (Lipinski definition) is 0. The lowest BCUT2D eigenvalue weighted by molar-refractivity contribution is 0.0731. The summed E-state index contributed by atoms with van der Waals surface area (Å²) < 4.78 is 5.36. The molecule has 122 valence electrons. The van der Waals surface area contributed by atoms with Crippen molar-refractivity contribution in [1.29, 1.82) is 0 Å². The molecule has 5 heteroatoms. The molecule has 1 aliphatic heterocycles. The zero-order chi connectivity index (χ0) is 16.4. The van der Waals surface area contributed by atoms with Crippen LogP contribution in [0.3, 0.4) is 0 Å². The maximum Gasteiger partial charge on any atom is 0.273 e. The highest BCUT2D eigenvalue weighted by Crippen LogP contribution is 2.27. The Bertz CT molecular complexity index is 811. The predicted octanol–water partition coefficient (Wildman–Crippen LogP) is 4.25. The SMILES string of the molecule is O=C(c1csc(-c2ccco2)n1)N1CCCC1Cc1ccccc1. The number of nitrogens with zero attached hydrogens (tertiary/aromatic N) is 2. The molecular weight excluding hydrogens is 320 g/mol. The number of hydrogen-bond acceptors (Lipinski definition) is 4. The molecule has 0 saturated carbocycles. The lowest BCUT2D eigenvalue weighted by Gasteiger charge is -2.24. The first-order valence-corrected chi connectivity index (χ1v) is 9.03. The van der Waals surface area contributed by atoms with E-state index >= 15 is 0 Å². The lowest BCUT2D eigenvalue weighted by atomic mass is 10.0. The van der Waals surface area contributed by atoms with Crippen LogP contribution in [0.4, 0.5) is 0 Å². The average Bonchev–Trinajstić information content (AvgIpc) is 3.36. The van der Waals surface area contributed by atoms with Crippen molar-refractivity contribution in [3.63, 3.8) is 0 Å². The van der Waals surface area contributed by atoms with Crippen molar-refractivity contribution < 1.29 is 9.21 Å². The first kappa shape index (κ1) is 15.1. The molecule has 1 fully saturated rings. The van der Waals surface area contributed by atoms with Crippen LogP contribution < -0.4 is 0 Å². The number of likely N-dealkylation sites (tertiary alicyclic amines) is 1. The van der Waals surface area contributed by atoms with Crippen molar-refractivity contribution >= 4 is 17.2 Å². The summed E-state index contributed by atoms with van der Waals surface area (Å²) in [5.74, 6) is 0.740. The van der Waals surface area contributed by atoms with Gasteiger partial charge in [0, 0.05) is 18.0 Å².